The fourth-order valence-electron chi connectivity index (χ4n) is 3.12. The molecule has 1 heterocycles. The van der Waals surface area contributed by atoms with E-state index in [-0.39, 0.29) is 23.6 Å². The minimum Gasteiger partial charge on any atom is -0.486 e. The molecule has 0 saturated heterocycles. The molecule has 0 bridgehead atoms. The third kappa shape index (κ3) is 2.94. The van der Waals surface area contributed by atoms with Crippen molar-refractivity contribution in [2.75, 3.05) is 13.2 Å². The Kier molecular flexibility index (Phi) is 3.84. The van der Waals surface area contributed by atoms with Crippen LogP contribution in [0.2, 0.25) is 0 Å². The molecule has 1 aliphatic heterocycles. The fourth-order valence-corrected chi connectivity index (χ4v) is 3.12. The van der Waals surface area contributed by atoms with Gasteiger partial charge in [0.1, 0.15) is 19.0 Å². The number of fused-ring (bicyclic) bond motifs is 1. The maximum atomic E-state index is 13.8. The van der Waals surface area contributed by atoms with Crippen LogP contribution in [0.4, 0.5) is 4.39 Å². The summed E-state index contributed by atoms with van der Waals surface area (Å²) >= 11 is 0. The molecule has 1 saturated carbocycles. The van der Waals surface area contributed by atoms with Gasteiger partial charge in [-0.3, -0.25) is 4.79 Å². The number of carbonyl (C=O) groups is 1. The number of nitrogens with one attached hydrogen (secondary N) is 1. The summed E-state index contributed by atoms with van der Waals surface area (Å²) in [4.78, 5) is 12.3. The number of rotatable bonds is 4. The number of hydrogen-bond acceptors (Lipinski definition) is 3. The number of hydrogen-bond donors (Lipinski definition) is 1. The van der Waals surface area contributed by atoms with E-state index in [2.05, 4.69) is 5.32 Å². The summed E-state index contributed by atoms with van der Waals surface area (Å²) in [6.45, 7) is 1.52. The highest BCUT2D eigenvalue weighted by Gasteiger charge is 2.44. The number of carbonyl (C=O) groups excluding carboxylic acids is 1. The molecule has 0 aromatic heterocycles. The number of halogens is 1. The van der Waals surface area contributed by atoms with Crippen LogP contribution in [0, 0.1) is 11.7 Å². The summed E-state index contributed by atoms with van der Waals surface area (Å²) in [7, 11) is 0. The van der Waals surface area contributed by atoms with Gasteiger partial charge in [-0.25, -0.2) is 4.39 Å². The maximum Gasteiger partial charge on any atom is 0.224 e. The molecule has 2 aliphatic rings. The molecule has 4 rings (SSSR count). The molecule has 124 valence electrons. The molecule has 2 unspecified atom stereocenters. The molecule has 1 aliphatic carbocycles. The topological polar surface area (TPSA) is 47.6 Å². The summed E-state index contributed by atoms with van der Waals surface area (Å²) in [6.07, 6.45) is 0.702. The van der Waals surface area contributed by atoms with Gasteiger partial charge in [0.25, 0.3) is 0 Å². The molecule has 1 N–H and O–H groups in total. The third-order valence-corrected chi connectivity index (χ3v) is 4.51. The van der Waals surface area contributed by atoms with Gasteiger partial charge in [-0.1, -0.05) is 24.3 Å². The van der Waals surface area contributed by atoms with Crippen LogP contribution >= 0.6 is 0 Å². The Labute approximate surface area is 139 Å². The molecule has 1 fully saturated rings. The predicted octanol–water partition coefficient (Wildman–Crippen LogP) is 3.02. The van der Waals surface area contributed by atoms with E-state index in [4.69, 9.17) is 9.47 Å². The Hall–Kier alpha value is -2.56. The quantitative estimate of drug-likeness (QED) is 0.939. The molecule has 2 aromatic rings. The van der Waals surface area contributed by atoms with Gasteiger partial charge in [-0.2, -0.15) is 0 Å². The van der Waals surface area contributed by atoms with Crippen LogP contribution < -0.4 is 14.8 Å². The highest BCUT2D eigenvalue weighted by atomic mass is 19.1. The van der Waals surface area contributed by atoms with Crippen molar-refractivity contribution in [1.82, 2.24) is 5.32 Å². The molecule has 24 heavy (non-hydrogen) atoms. The van der Waals surface area contributed by atoms with Crippen LogP contribution in [0.25, 0.3) is 0 Å². The number of ether oxygens (including phenoxy) is 2. The van der Waals surface area contributed by atoms with Crippen molar-refractivity contribution in [1.29, 1.82) is 0 Å². The van der Waals surface area contributed by atoms with Crippen molar-refractivity contribution in [2.24, 2.45) is 5.92 Å². The van der Waals surface area contributed by atoms with Crippen LogP contribution in [-0.4, -0.2) is 19.1 Å². The lowest BCUT2D eigenvalue weighted by molar-refractivity contribution is -0.122. The van der Waals surface area contributed by atoms with Crippen LogP contribution in [0.5, 0.6) is 11.5 Å². The largest absolute Gasteiger partial charge is 0.486 e. The third-order valence-electron chi connectivity index (χ3n) is 4.51. The minimum atomic E-state index is -0.232. The molecule has 0 radical (unpaired) electrons. The van der Waals surface area contributed by atoms with Crippen LogP contribution in [0.15, 0.2) is 42.5 Å². The Bertz CT molecular complexity index is 777. The van der Waals surface area contributed by atoms with Gasteiger partial charge in [0, 0.05) is 12.5 Å². The van der Waals surface area contributed by atoms with Gasteiger partial charge in [0.05, 0.1) is 0 Å². The monoisotopic (exact) mass is 327 g/mol. The predicted molar refractivity (Wildman–Crippen MR) is 86.5 cm³/mol. The summed E-state index contributed by atoms with van der Waals surface area (Å²) < 4.78 is 24.8. The standard InChI is InChI=1S/C19H18FNO3/c20-16-4-2-1-3-13(16)14-10-15(14)19(22)21-11-12-5-6-17-18(9-12)24-8-7-23-17/h1-6,9,14-15H,7-8,10-11H2,(H,21,22). The van der Waals surface area contributed by atoms with Gasteiger partial charge in [-0.15, -0.1) is 0 Å². The average Bonchev–Trinajstić information content (AvgIpc) is 3.40. The number of amides is 1. The molecule has 4 nitrogen and oxygen atoms in total. The van der Waals surface area contributed by atoms with Gasteiger partial charge in [0.15, 0.2) is 11.5 Å². The molecule has 0 spiro atoms. The first kappa shape index (κ1) is 15.0. The van der Waals surface area contributed by atoms with Crippen molar-refractivity contribution >= 4 is 5.91 Å². The van der Waals surface area contributed by atoms with Crippen molar-refractivity contribution in [2.45, 2.75) is 18.9 Å². The van der Waals surface area contributed by atoms with Crippen LogP contribution in [0.3, 0.4) is 0 Å². The van der Waals surface area contributed by atoms with Gasteiger partial charge in [0.2, 0.25) is 5.91 Å². The van der Waals surface area contributed by atoms with E-state index in [9.17, 15) is 9.18 Å². The van der Waals surface area contributed by atoms with Gasteiger partial charge < -0.3 is 14.8 Å². The number of benzene rings is 2. The zero-order chi connectivity index (χ0) is 16.5. The minimum absolute atomic E-state index is 0.00790. The molecular formula is C19H18FNO3. The second kappa shape index (κ2) is 6.15. The van der Waals surface area contributed by atoms with E-state index in [1.807, 2.05) is 18.2 Å². The van der Waals surface area contributed by atoms with Crippen molar-refractivity contribution in [3.8, 4) is 11.5 Å². The Morgan fingerprint density at radius 3 is 2.75 bits per heavy atom. The van der Waals surface area contributed by atoms with Gasteiger partial charge in [-0.05, 0) is 41.7 Å². The van der Waals surface area contributed by atoms with Crippen molar-refractivity contribution in [3.63, 3.8) is 0 Å². The second-order valence-electron chi connectivity index (χ2n) is 6.17. The zero-order valence-corrected chi connectivity index (χ0v) is 13.1. The van der Waals surface area contributed by atoms with Gasteiger partial charge >= 0.3 is 0 Å². The maximum absolute atomic E-state index is 13.8. The SMILES string of the molecule is O=C(NCc1ccc2c(c1)OCCO2)C1CC1c1ccccc1F. The average molecular weight is 327 g/mol. The molecule has 1 amide bonds. The first-order valence-electron chi connectivity index (χ1n) is 8.13. The zero-order valence-electron chi connectivity index (χ0n) is 13.1. The normalized spacial score (nSPS) is 21.2. The Balaban J connectivity index is 1.35. The fraction of sp³-hybridized carbons (Fsp3) is 0.316. The van der Waals surface area contributed by atoms with E-state index in [0.29, 0.717) is 37.5 Å². The lowest BCUT2D eigenvalue weighted by Gasteiger charge is -2.19. The van der Waals surface area contributed by atoms with Crippen molar-refractivity contribution < 1.29 is 18.7 Å². The first-order valence-corrected chi connectivity index (χ1v) is 8.13. The Morgan fingerprint density at radius 2 is 1.92 bits per heavy atom. The van der Waals surface area contributed by atoms with Crippen LogP contribution in [0.1, 0.15) is 23.5 Å². The molecule has 2 aromatic carbocycles. The van der Waals surface area contributed by atoms with Crippen molar-refractivity contribution in [3.05, 3.63) is 59.4 Å². The first-order chi connectivity index (χ1) is 11.7. The van der Waals surface area contributed by atoms with Crippen LogP contribution in [-0.2, 0) is 11.3 Å². The van der Waals surface area contributed by atoms with E-state index < -0.39 is 0 Å². The summed E-state index contributed by atoms with van der Waals surface area (Å²) in [5, 5.41) is 2.93. The molecular weight excluding hydrogens is 309 g/mol. The molecule has 5 heteroatoms. The van der Waals surface area contributed by atoms with E-state index in [1.54, 1.807) is 18.2 Å². The lowest BCUT2D eigenvalue weighted by Crippen LogP contribution is -2.25. The summed E-state index contributed by atoms with van der Waals surface area (Å²) in [5.74, 6) is 1.04. The smallest absolute Gasteiger partial charge is 0.224 e. The highest BCUT2D eigenvalue weighted by Crippen LogP contribution is 2.48. The summed E-state index contributed by atoms with van der Waals surface area (Å²) in [6, 6.07) is 12.3. The lowest BCUT2D eigenvalue weighted by atomic mass is 10.1. The van der Waals surface area contributed by atoms with E-state index in [1.165, 1.54) is 6.07 Å². The van der Waals surface area contributed by atoms with E-state index >= 15 is 0 Å². The summed E-state index contributed by atoms with van der Waals surface area (Å²) in [5.41, 5.74) is 1.59. The van der Waals surface area contributed by atoms with E-state index in [0.717, 1.165) is 11.3 Å². The molecule has 2 atom stereocenters. The Morgan fingerprint density at radius 1 is 1.12 bits per heavy atom. The second-order valence-corrected chi connectivity index (χ2v) is 6.17. The highest BCUT2D eigenvalue weighted by molar-refractivity contribution is 5.82.